The predicted molar refractivity (Wildman–Crippen MR) is 88.8 cm³/mol. The van der Waals surface area contributed by atoms with Crippen LogP contribution in [0.4, 0.5) is 0 Å². The van der Waals surface area contributed by atoms with Crippen molar-refractivity contribution in [1.82, 2.24) is 14.9 Å². The topological polar surface area (TPSA) is 63.2 Å². The Kier molecular flexibility index (Phi) is 4.46. The fraction of sp³-hybridized carbons (Fsp3) is 0.412. The second-order valence-electron chi connectivity index (χ2n) is 5.98. The smallest absolute Gasteiger partial charge is 0.246 e. The lowest BCUT2D eigenvalue weighted by atomic mass is 10.0. The minimum absolute atomic E-state index is 0.0685. The summed E-state index contributed by atoms with van der Waals surface area (Å²) < 4.78 is 23.1. The molecule has 2 heterocycles. The van der Waals surface area contributed by atoms with Crippen molar-refractivity contribution in [3.8, 4) is 0 Å². The number of hydrogen-bond donors (Lipinski definition) is 0. The zero-order valence-corrected chi connectivity index (χ0v) is 14.3. The first kappa shape index (κ1) is 16.1. The van der Waals surface area contributed by atoms with E-state index in [1.807, 2.05) is 0 Å². The van der Waals surface area contributed by atoms with Gasteiger partial charge >= 0.3 is 0 Å². The van der Waals surface area contributed by atoms with Gasteiger partial charge in [0.15, 0.2) is 0 Å². The Hall–Kier alpha value is -1.79. The van der Waals surface area contributed by atoms with E-state index in [0.717, 1.165) is 50.0 Å². The van der Waals surface area contributed by atoms with Gasteiger partial charge in [-0.25, -0.2) is 18.4 Å². The lowest BCUT2D eigenvalue weighted by molar-refractivity contribution is 0.241. The van der Waals surface area contributed by atoms with E-state index in [4.69, 9.17) is 0 Å². The molecule has 6 heteroatoms. The minimum atomic E-state index is -3.34. The molecule has 122 valence electrons. The Balaban J connectivity index is 1.78. The summed E-state index contributed by atoms with van der Waals surface area (Å²) in [5.74, 6) is 0. The lowest BCUT2D eigenvalue weighted by Gasteiger charge is -2.28. The number of rotatable bonds is 4. The fourth-order valence-electron chi connectivity index (χ4n) is 2.97. The zero-order valence-electron chi connectivity index (χ0n) is 13.5. The van der Waals surface area contributed by atoms with Crippen LogP contribution in [0.15, 0.2) is 35.6 Å². The summed E-state index contributed by atoms with van der Waals surface area (Å²) in [5.41, 5.74) is 4.62. The molecule has 0 atom stereocenters. The first-order chi connectivity index (χ1) is 11.0. The Morgan fingerprint density at radius 3 is 2.65 bits per heavy atom. The minimum Gasteiger partial charge on any atom is -0.294 e. The van der Waals surface area contributed by atoms with Gasteiger partial charge in [-0.1, -0.05) is 31.2 Å². The normalized spacial score (nSPS) is 15.4. The summed E-state index contributed by atoms with van der Waals surface area (Å²) in [6.07, 6.45) is 4.60. The second kappa shape index (κ2) is 6.37. The molecule has 0 fully saturated rings. The molecule has 0 amide bonds. The quantitative estimate of drug-likeness (QED) is 0.802. The molecule has 0 spiro atoms. The van der Waals surface area contributed by atoms with Crippen molar-refractivity contribution in [2.24, 2.45) is 0 Å². The number of hydrogen-bond acceptors (Lipinski definition) is 5. The van der Waals surface area contributed by atoms with Gasteiger partial charge in [-0.15, -0.1) is 0 Å². The van der Waals surface area contributed by atoms with Gasteiger partial charge in [0, 0.05) is 44.1 Å². The van der Waals surface area contributed by atoms with Gasteiger partial charge in [-0.2, -0.15) is 0 Å². The molecule has 0 N–H and O–H groups in total. The van der Waals surface area contributed by atoms with Gasteiger partial charge < -0.3 is 0 Å². The van der Waals surface area contributed by atoms with E-state index in [1.54, 1.807) is 6.20 Å². The summed E-state index contributed by atoms with van der Waals surface area (Å²) in [6.45, 7) is 4.71. The largest absolute Gasteiger partial charge is 0.294 e. The summed E-state index contributed by atoms with van der Waals surface area (Å²) in [7, 11) is -3.34. The maximum atomic E-state index is 11.6. The molecule has 0 aliphatic carbocycles. The van der Waals surface area contributed by atoms with Crippen LogP contribution in [0, 0.1) is 0 Å². The molecule has 23 heavy (non-hydrogen) atoms. The van der Waals surface area contributed by atoms with Gasteiger partial charge in [0.05, 0.1) is 5.69 Å². The summed E-state index contributed by atoms with van der Waals surface area (Å²) in [4.78, 5) is 10.6. The van der Waals surface area contributed by atoms with E-state index < -0.39 is 9.84 Å². The van der Waals surface area contributed by atoms with Crippen molar-refractivity contribution in [3.05, 3.63) is 52.8 Å². The molecule has 1 aromatic heterocycles. The molecule has 1 aliphatic heterocycles. The number of nitrogens with zero attached hydrogens (tertiary/aromatic N) is 3. The third-order valence-electron chi connectivity index (χ3n) is 4.22. The molecular formula is C17H21N3O2S. The monoisotopic (exact) mass is 331 g/mol. The van der Waals surface area contributed by atoms with Crippen molar-refractivity contribution < 1.29 is 8.42 Å². The van der Waals surface area contributed by atoms with E-state index in [0.29, 0.717) is 0 Å². The number of sulfone groups is 1. The molecule has 0 saturated carbocycles. The molecule has 0 radical (unpaired) electrons. The van der Waals surface area contributed by atoms with Crippen LogP contribution in [0.3, 0.4) is 0 Å². The summed E-state index contributed by atoms with van der Waals surface area (Å²) in [6, 6.07) is 8.51. The summed E-state index contributed by atoms with van der Waals surface area (Å²) in [5, 5.41) is -0.0685. The average Bonchev–Trinajstić information content (AvgIpc) is 2.54. The van der Waals surface area contributed by atoms with Gasteiger partial charge in [0.2, 0.25) is 15.0 Å². The van der Waals surface area contributed by atoms with E-state index in [2.05, 4.69) is 46.1 Å². The van der Waals surface area contributed by atoms with Crippen LogP contribution < -0.4 is 0 Å². The Morgan fingerprint density at radius 1 is 1.22 bits per heavy atom. The van der Waals surface area contributed by atoms with Crippen LogP contribution in [0.2, 0.25) is 0 Å². The second-order valence-corrected chi connectivity index (χ2v) is 7.89. The van der Waals surface area contributed by atoms with Gasteiger partial charge in [-0.3, -0.25) is 4.90 Å². The highest BCUT2D eigenvalue weighted by atomic mass is 32.2. The molecule has 0 bridgehead atoms. The molecule has 0 saturated heterocycles. The Labute approximate surface area is 137 Å². The van der Waals surface area contributed by atoms with Gasteiger partial charge in [0.25, 0.3) is 0 Å². The van der Waals surface area contributed by atoms with Crippen molar-refractivity contribution in [2.45, 2.75) is 38.0 Å². The molecule has 5 nitrogen and oxygen atoms in total. The highest BCUT2D eigenvalue weighted by Gasteiger charge is 2.21. The number of aromatic nitrogens is 2. The number of aryl methyl sites for hydroxylation is 1. The van der Waals surface area contributed by atoms with Crippen LogP contribution in [0.25, 0.3) is 0 Å². The van der Waals surface area contributed by atoms with Gasteiger partial charge in [-0.05, 0) is 17.5 Å². The molecule has 0 unspecified atom stereocenters. The Morgan fingerprint density at radius 2 is 1.96 bits per heavy atom. The fourth-order valence-corrected chi connectivity index (χ4v) is 3.49. The van der Waals surface area contributed by atoms with E-state index in [-0.39, 0.29) is 5.16 Å². The van der Waals surface area contributed by atoms with Crippen molar-refractivity contribution in [1.29, 1.82) is 0 Å². The van der Waals surface area contributed by atoms with Gasteiger partial charge in [0.1, 0.15) is 0 Å². The van der Waals surface area contributed by atoms with Crippen molar-refractivity contribution >= 4 is 9.84 Å². The zero-order chi connectivity index (χ0) is 16.4. The molecule has 2 aromatic rings. The summed E-state index contributed by atoms with van der Waals surface area (Å²) >= 11 is 0. The third-order valence-corrected chi connectivity index (χ3v) is 5.08. The highest BCUT2D eigenvalue weighted by molar-refractivity contribution is 7.90. The SMILES string of the molecule is CCc1ccccc1CN1CCc2nc(S(C)(=O)=O)ncc2C1. The van der Waals surface area contributed by atoms with Crippen LogP contribution >= 0.6 is 0 Å². The first-order valence-corrected chi connectivity index (χ1v) is 9.70. The number of fused-ring (bicyclic) bond motifs is 1. The predicted octanol–water partition coefficient (Wildman–Crippen LogP) is 2.00. The Bertz CT molecular complexity index is 818. The van der Waals surface area contributed by atoms with E-state index in [1.165, 1.54) is 11.1 Å². The first-order valence-electron chi connectivity index (χ1n) is 7.81. The molecular weight excluding hydrogens is 310 g/mol. The lowest BCUT2D eigenvalue weighted by Crippen LogP contribution is -2.31. The standard InChI is InChI=1S/C17H21N3O2S/c1-3-13-6-4-5-7-14(13)11-20-9-8-16-15(12-20)10-18-17(19-16)23(2,21)22/h4-7,10H,3,8-9,11-12H2,1-2H3. The van der Waals surface area contributed by atoms with Crippen LogP contribution in [0.1, 0.15) is 29.3 Å². The van der Waals surface area contributed by atoms with Crippen LogP contribution in [0.5, 0.6) is 0 Å². The maximum absolute atomic E-state index is 11.6. The number of benzene rings is 1. The highest BCUT2D eigenvalue weighted by Crippen LogP contribution is 2.21. The maximum Gasteiger partial charge on any atom is 0.246 e. The molecule has 1 aliphatic rings. The van der Waals surface area contributed by atoms with E-state index >= 15 is 0 Å². The average molecular weight is 331 g/mol. The van der Waals surface area contributed by atoms with Crippen LogP contribution in [-0.2, 0) is 35.8 Å². The van der Waals surface area contributed by atoms with Crippen molar-refractivity contribution in [3.63, 3.8) is 0 Å². The van der Waals surface area contributed by atoms with E-state index in [9.17, 15) is 8.42 Å². The van der Waals surface area contributed by atoms with Crippen molar-refractivity contribution in [2.75, 3.05) is 12.8 Å². The molecule has 1 aromatic carbocycles. The van der Waals surface area contributed by atoms with Crippen LogP contribution in [-0.4, -0.2) is 36.1 Å². The molecule has 3 rings (SSSR count). The third kappa shape index (κ3) is 3.59.